The highest BCUT2D eigenvalue weighted by atomic mass is 16.2. The number of rotatable bonds is 1. The van der Waals surface area contributed by atoms with Gasteiger partial charge in [-0.05, 0) is 12.8 Å². The largest absolute Gasteiger partial charge is 0.350 e. The van der Waals surface area contributed by atoms with E-state index in [1.165, 1.54) is 7.05 Å². The van der Waals surface area contributed by atoms with Crippen LogP contribution >= 0.6 is 0 Å². The Kier molecular flexibility index (Phi) is 2.52. The molecule has 1 fully saturated rings. The van der Waals surface area contributed by atoms with Gasteiger partial charge in [0, 0.05) is 13.0 Å². The van der Waals surface area contributed by atoms with E-state index in [9.17, 15) is 9.59 Å². The average molecular weight is 171 g/mol. The minimum absolute atomic E-state index is 0.0757. The fourth-order valence-corrected chi connectivity index (χ4v) is 0.982. The number of nitrogens with one attached hydrogen (secondary N) is 1. The SMILES string of the molecule is CN(NC(=O)C1CCC1)C(N)=O. The van der Waals surface area contributed by atoms with E-state index in [1.54, 1.807) is 0 Å². The van der Waals surface area contributed by atoms with Crippen molar-refractivity contribution in [3.05, 3.63) is 0 Å². The molecule has 0 atom stereocenters. The summed E-state index contributed by atoms with van der Waals surface area (Å²) >= 11 is 0. The third-order valence-corrected chi connectivity index (χ3v) is 2.08. The zero-order valence-corrected chi connectivity index (χ0v) is 7.04. The van der Waals surface area contributed by atoms with Gasteiger partial charge in [-0.3, -0.25) is 10.2 Å². The highest BCUT2D eigenvalue weighted by Crippen LogP contribution is 2.26. The van der Waals surface area contributed by atoms with Crippen molar-refractivity contribution < 1.29 is 9.59 Å². The van der Waals surface area contributed by atoms with Crippen LogP contribution in [0, 0.1) is 5.92 Å². The fraction of sp³-hybridized carbons (Fsp3) is 0.714. The molecule has 0 aromatic carbocycles. The van der Waals surface area contributed by atoms with Crippen LogP contribution in [0.15, 0.2) is 0 Å². The Morgan fingerprint density at radius 1 is 1.50 bits per heavy atom. The summed E-state index contributed by atoms with van der Waals surface area (Å²) in [5.41, 5.74) is 7.32. The molecule has 1 aliphatic carbocycles. The van der Waals surface area contributed by atoms with Crippen molar-refractivity contribution in [3.8, 4) is 0 Å². The molecule has 3 N–H and O–H groups in total. The Bertz CT molecular complexity index is 201. The summed E-state index contributed by atoms with van der Waals surface area (Å²) in [4.78, 5) is 21.7. The lowest BCUT2D eigenvalue weighted by molar-refractivity contribution is -0.130. The molecule has 0 radical (unpaired) electrons. The molecule has 0 unspecified atom stereocenters. The molecule has 0 spiro atoms. The number of primary amides is 1. The maximum Gasteiger partial charge on any atom is 0.333 e. The predicted molar refractivity (Wildman–Crippen MR) is 42.8 cm³/mol. The second kappa shape index (κ2) is 3.42. The molecule has 5 nitrogen and oxygen atoms in total. The van der Waals surface area contributed by atoms with Crippen LogP contribution < -0.4 is 11.2 Å². The summed E-state index contributed by atoms with van der Waals surface area (Å²) in [6, 6.07) is -0.650. The monoisotopic (exact) mass is 171 g/mol. The van der Waals surface area contributed by atoms with E-state index in [4.69, 9.17) is 5.73 Å². The van der Waals surface area contributed by atoms with E-state index >= 15 is 0 Å². The molecule has 5 heteroatoms. The third-order valence-electron chi connectivity index (χ3n) is 2.08. The normalized spacial score (nSPS) is 16.4. The van der Waals surface area contributed by atoms with Crippen LogP contribution in [0.3, 0.4) is 0 Å². The first-order chi connectivity index (χ1) is 5.61. The van der Waals surface area contributed by atoms with Gasteiger partial charge in [-0.2, -0.15) is 0 Å². The first-order valence-electron chi connectivity index (χ1n) is 3.95. The van der Waals surface area contributed by atoms with E-state index in [0.29, 0.717) is 0 Å². The zero-order chi connectivity index (χ0) is 9.14. The summed E-state index contributed by atoms with van der Waals surface area (Å²) in [7, 11) is 1.43. The van der Waals surface area contributed by atoms with Crippen LogP contribution in [0.4, 0.5) is 4.79 Å². The molecular formula is C7H13N3O2. The lowest BCUT2D eigenvalue weighted by Crippen LogP contribution is -2.49. The van der Waals surface area contributed by atoms with Gasteiger partial charge in [0.05, 0.1) is 0 Å². The lowest BCUT2D eigenvalue weighted by Gasteiger charge is -2.26. The van der Waals surface area contributed by atoms with Gasteiger partial charge < -0.3 is 5.73 Å². The standard InChI is InChI=1S/C7H13N3O2/c1-10(7(8)12)9-6(11)5-3-2-4-5/h5H,2-4H2,1H3,(H2,8,12)(H,9,11). The van der Waals surface area contributed by atoms with Crippen molar-refractivity contribution in [2.45, 2.75) is 19.3 Å². The topological polar surface area (TPSA) is 75.4 Å². The maximum absolute atomic E-state index is 11.2. The number of nitrogens with two attached hydrogens (primary N) is 1. The number of nitrogens with zero attached hydrogens (tertiary/aromatic N) is 1. The second-order valence-electron chi connectivity index (χ2n) is 3.00. The maximum atomic E-state index is 11.2. The number of hydrazine groups is 1. The number of amides is 3. The third kappa shape index (κ3) is 1.87. The summed E-state index contributed by atoms with van der Waals surface area (Å²) < 4.78 is 0. The lowest BCUT2D eigenvalue weighted by atomic mass is 9.85. The van der Waals surface area contributed by atoms with Crippen LogP contribution in [0.25, 0.3) is 0 Å². The van der Waals surface area contributed by atoms with E-state index < -0.39 is 6.03 Å². The molecule has 1 saturated carbocycles. The predicted octanol–water partition coefficient (Wildman–Crippen LogP) is -0.172. The van der Waals surface area contributed by atoms with Crippen LogP contribution in [0.2, 0.25) is 0 Å². The quantitative estimate of drug-likeness (QED) is 0.537. The molecule has 0 bridgehead atoms. The smallest absolute Gasteiger partial charge is 0.333 e. The molecule has 0 heterocycles. The van der Waals surface area contributed by atoms with Gasteiger partial charge >= 0.3 is 6.03 Å². The summed E-state index contributed by atoms with van der Waals surface area (Å²) in [5.74, 6) is -0.0330. The zero-order valence-electron chi connectivity index (χ0n) is 7.04. The van der Waals surface area contributed by atoms with Crippen molar-refractivity contribution in [2.24, 2.45) is 11.7 Å². The van der Waals surface area contributed by atoms with Gasteiger partial charge in [0.25, 0.3) is 0 Å². The Morgan fingerprint density at radius 2 is 2.08 bits per heavy atom. The molecule has 1 rings (SSSR count). The Balaban J connectivity index is 2.29. The molecule has 12 heavy (non-hydrogen) atoms. The highest BCUT2D eigenvalue weighted by Gasteiger charge is 2.26. The van der Waals surface area contributed by atoms with Gasteiger partial charge in [-0.1, -0.05) is 6.42 Å². The highest BCUT2D eigenvalue weighted by molar-refractivity contribution is 5.82. The Hall–Kier alpha value is -1.26. The van der Waals surface area contributed by atoms with Crippen molar-refractivity contribution in [3.63, 3.8) is 0 Å². The minimum Gasteiger partial charge on any atom is -0.350 e. The van der Waals surface area contributed by atoms with Gasteiger partial charge in [0.2, 0.25) is 5.91 Å². The molecule has 68 valence electrons. The molecule has 0 aromatic heterocycles. The van der Waals surface area contributed by atoms with E-state index in [1.807, 2.05) is 0 Å². The van der Waals surface area contributed by atoms with Crippen molar-refractivity contribution in [2.75, 3.05) is 7.05 Å². The molecular weight excluding hydrogens is 158 g/mol. The van der Waals surface area contributed by atoms with E-state index in [0.717, 1.165) is 24.3 Å². The molecule has 0 aromatic rings. The summed E-state index contributed by atoms with van der Waals surface area (Å²) in [5, 5.41) is 1.00. The van der Waals surface area contributed by atoms with Gasteiger partial charge in [-0.15, -0.1) is 0 Å². The van der Waals surface area contributed by atoms with Gasteiger partial charge in [0.15, 0.2) is 0 Å². The van der Waals surface area contributed by atoms with Crippen molar-refractivity contribution in [1.29, 1.82) is 0 Å². The number of hydrogen-bond acceptors (Lipinski definition) is 2. The number of urea groups is 1. The van der Waals surface area contributed by atoms with Crippen LogP contribution in [-0.2, 0) is 4.79 Å². The molecule has 0 aliphatic heterocycles. The Morgan fingerprint density at radius 3 is 2.42 bits per heavy atom. The van der Waals surface area contributed by atoms with Gasteiger partial charge in [-0.25, -0.2) is 9.80 Å². The number of hydrogen-bond donors (Lipinski definition) is 2. The van der Waals surface area contributed by atoms with Crippen LogP contribution in [0.1, 0.15) is 19.3 Å². The van der Waals surface area contributed by atoms with Crippen molar-refractivity contribution >= 4 is 11.9 Å². The second-order valence-corrected chi connectivity index (χ2v) is 3.00. The number of carbonyl (C=O) groups excluding carboxylic acids is 2. The fourth-order valence-electron chi connectivity index (χ4n) is 0.982. The molecule has 1 aliphatic rings. The molecule has 3 amide bonds. The first-order valence-corrected chi connectivity index (χ1v) is 3.95. The number of carbonyl (C=O) groups is 2. The average Bonchev–Trinajstić information content (AvgIpc) is 1.82. The van der Waals surface area contributed by atoms with Crippen molar-refractivity contribution in [1.82, 2.24) is 10.4 Å². The Labute approximate surface area is 70.9 Å². The van der Waals surface area contributed by atoms with Gasteiger partial charge in [0.1, 0.15) is 0 Å². The molecule has 0 saturated heterocycles. The summed E-state index contributed by atoms with van der Waals surface area (Å²) in [6.45, 7) is 0. The minimum atomic E-state index is -0.650. The summed E-state index contributed by atoms with van der Waals surface area (Å²) in [6.07, 6.45) is 2.93. The first kappa shape index (κ1) is 8.83. The van der Waals surface area contributed by atoms with E-state index in [-0.39, 0.29) is 11.8 Å². The van der Waals surface area contributed by atoms with Crippen LogP contribution in [-0.4, -0.2) is 24.0 Å². The van der Waals surface area contributed by atoms with E-state index in [2.05, 4.69) is 5.43 Å². The van der Waals surface area contributed by atoms with Crippen LogP contribution in [0.5, 0.6) is 0 Å².